The van der Waals surface area contributed by atoms with Crippen LogP contribution in [-0.4, -0.2) is 50.3 Å². The Morgan fingerprint density at radius 3 is 2.15 bits per heavy atom. The van der Waals surface area contributed by atoms with Crippen molar-refractivity contribution in [1.82, 2.24) is 15.3 Å². The van der Waals surface area contributed by atoms with Crippen LogP contribution in [0.4, 0.5) is 17.5 Å². The lowest BCUT2D eigenvalue weighted by molar-refractivity contribution is 0.0954. The Balaban J connectivity index is 1.58. The molecule has 3 N–H and O–H groups in total. The highest BCUT2D eigenvalue weighted by Gasteiger charge is 2.16. The van der Waals surface area contributed by atoms with Gasteiger partial charge in [-0.05, 0) is 38.1 Å². The first kappa shape index (κ1) is 23.6. The van der Waals surface area contributed by atoms with Crippen LogP contribution in [-0.2, 0) is 0 Å². The van der Waals surface area contributed by atoms with Crippen LogP contribution in [0.1, 0.15) is 21.6 Å². The molecule has 0 radical (unpaired) electrons. The molecule has 0 spiro atoms. The molecule has 9 nitrogen and oxygen atoms in total. The summed E-state index contributed by atoms with van der Waals surface area (Å²) in [6, 6.07) is 13.2. The Morgan fingerprint density at radius 2 is 1.55 bits per heavy atom. The lowest BCUT2D eigenvalue weighted by Gasteiger charge is -2.14. The van der Waals surface area contributed by atoms with Crippen molar-refractivity contribution in [1.29, 1.82) is 0 Å². The molecule has 174 valence electrons. The average molecular weight is 452 g/mol. The van der Waals surface area contributed by atoms with Crippen molar-refractivity contribution < 1.29 is 19.0 Å². The second-order valence-electron chi connectivity index (χ2n) is 7.31. The molecule has 0 aliphatic carbocycles. The number of nitrogens with one attached hydrogen (secondary N) is 3. The quantitative estimate of drug-likeness (QED) is 0.401. The second kappa shape index (κ2) is 11.0. The number of anilines is 3. The van der Waals surface area contributed by atoms with Gasteiger partial charge in [0.2, 0.25) is 11.7 Å². The Labute approximate surface area is 193 Å². The molecule has 2 aromatic carbocycles. The topological polar surface area (TPSA) is 107 Å². The molecule has 1 amide bonds. The molecule has 0 saturated heterocycles. The van der Waals surface area contributed by atoms with E-state index in [0.717, 1.165) is 11.4 Å². The third kappa shape index (κ3) is 6.25. The third-order valence-electron chi connectivity index (χ3n) is 4.80. The molecule has 9 heteroatoms. The molecule has 1 aromatic heterocycles. The van der Waals surface area contributed by atoms with E-state index in [2.05, 4.69) is 25.9 Å². The maximum absolute atomic E-state index is 12.6. The number of ether oxygens (including phenoxy) is 3. The fraction of sp³-hybridized carbons (Fsp3) is 0.292. The summed E-state index contributed by atoms with van der Waals surface area (Å²) >= 11 is 0. The Morgan fingerprint density at radius 1 is 0.879 bits per heavy atom. The van der Waals surface area contributed by atoms with E-state index >= 15 is 0 Å². The van der Waals surface area contributed by atoms with E-state index in [9.17, 15) is 4.79 Å². The molecule has 0 atom stereocenters. The number of hydrogen-bond donors (Lipinski definition) is 3. The summed E-state index contributed by atoms with van der Waals surface area (Å²) in [4.78, 5) is 21.5. The number of amides is 1. The van der Waals surface area contributed by atoms with Gasteiger partial charge in [-0.1, -0.05) is 17.7 Å². The minimum Gasteiger partial charge on any atom is -0.493 e. The minimum atomic E-state index is -0.261. The van der Waals surface area contributed by atoms with Gasteiger partial charge < -0.3 is 30.2 Å². The summed E-state index contributed by atoms with van der Waals surface area (Å²) < 4.78 is 15.9. The smallest absolute Gasteiger partial charge is 0.251 e. The third-order valence-corrected chi connectivity index (χ3v) is 4.80. The van der Waals surface area contributed by atoms with Gasteiger partial charge in [0.05, 0.1) is 21.3 Å². The zero-order valence-corrected chi connectivity index (χ0v) is 19.5. The lowest BCUT2D eigenvalue weighted by atomic mass is 10.1. The van der Waals surface area contributed by atoms with E-state index in [-0.39, 0.29) is 5.91 Å². The van der Waals surface area contributed by atoms with Gasteiger partial charge in [-0.3, -0.25) is 4.79 Å². The summed E-state index contributed by atoms with van der Waals surface area (Å²) in [7, 11) is 4.53. The molecule has 0 bridgehead atoms. The van der Waals surface area contributed by atoms with Crippen LogP contribution in [0.15, 0.2) is 42.5 Å². The second-order valence-corrected chi connectivity index (χ2v) is 7.31. The highest BCUT2D eigenvalue weighted by Crippen LogP contribution is 2.38. The first-order chi connectivity index (χ1) is 15.9. The van der Waals surface area contributed by atoms with E-state index in [1.54, 1.807) is 12.1 Å². The number of benzene rings is 2. The number of aryl methyl sites for hydroxylation is 2. The standard InChI is InChI=1S/C24H29N5O4/c1-15-6-8-18(9-7-15)28-21-12-16(2)27-24(29-21)26-11-10-25-23(30)17-13-19(31-3)22(33-5)20(14-17)32-4/h6-9,12-14H,10-11H2,1-5H3,(H,25,30)(H2,26,27,28,29). The highest BCUT2D eigenvalue weighted by molar-refractivity contribution is 5.95. The zero-order chi connectivity index (χ0) is 23.8. The number of aromatic nitrogens is 2. The predicted molar refractivity (Wildman–Crippen MR) is 128 cm³/mol. The van der Waals surface area contributed by atoms with Crippen molar-refractivity contribution in [2.24, 2.45) is 0 Å². The van der Waals surface area contributed by atoms with Crippen LogP contribution >= 0.6 is 0 Å². The molecule has 0 aliphatic heterocycles. The van der Waals surface area contributed by atoms with Crippen molar-refractivity contribution in [3.63, 3.8) is 0 Å². The summed E-state index contributed by atoms with van der Waals surface area (Å²) in [5.74, 6) is 2.18. The number of nitrogens with zero attached hydrogens (tertiary/aromatic N) is 2. The largest absolute Gasteiger partial charge is 0.493 e. The molecule has 1 heterocycles. The van der Waals surface area contributed by atoms with Crippen molar-refractivity contribution >= 4 is 23.4 Å². The monoisotopic (exact) mass is 451 g/mol. The molecule has 0 aliphatic rings. The van der Waals surface area contributed by atoms with Crippen LogP contribution in [0.25, 0.3) is 0 Å². The summed E-state index contributed by atoms with van der Waals surface area (Å²) in [6.45, 7) is 4.76. The van der Waals surface area contributed by atoms with E-state index in [1.807, 2.05) is 44.2 Å². The van der Waals surface area contributed by atoms with Gasteiger partial charge in [-0.15, -0.1) is 0 Å². The summed E-state index contributed by atoms with van der Waals surface area (Å²) in [5, 5.41) is 9.28. The van der Waals surface area contributed by atoms with Crippen molar-refractivity contribution in [3.8, 4) is 17.2 Å². The van der Waals surface area contributed by atoms with Gasteiger partial charge in [-0.2, -0.15) is 4.98 Å². The van der Waals surface area contributed by atoms with E-state index in [4.69, 9.17) is 14.2 Å². The molecule has 3 rings (SSSR count). The van der Waals surface area contributed by atoms with E-state index in [0.29, 0.717) is 47.7 Å². The fourth-order valence-corrected chi connectivity index (χ4v) is 3.16. The lowest BCUT2D eigenvalue weighted by Crippen LogP contribution is -2.29. The number of carbonyl (C=O) groups is 1. The van der Waals surface area contributed by atoms with Crippen molar-refractivity contribution in [2.45, 2.75) is 13.8 Å². The van der Waals surface area contributed by atoms with Crippen molar-refractivity contribution in [2.75, 3.05) is 45.1 Å². The molecule has 3 aromatic rings. The van der Waals surface area contributed by atoms with Crippen LogP contribution in [0.5, 0.6) is 17.2 Å². The van der Waals surface area contributed by atoms with Crippen molar-refractivity contribution in [3.05, 3.63) is 59.3 Å². The van der Waals surface area contributed by atoms with E-state index in [1.165, 1.54) is 26.9 Å². The Bertz CT molecular complexity index is 1080. The van der Waals surface area contributed by atoms with Gasteiger partial charge in [0.25, 0.3) is 5.91 Å². The van der Waals surface area contributed by atoms with Crippen LogP contribution in [0.2, 0.25) is 0 Å². The predicted octanol–water partition coefficient (Wildman–Crippen LogP) is 3.70. The summed E-state index contributed by atoms with van der Waals surface area (Å²) in [5.41, 5.74) is 3.36. The Hall–Kier alpha value is -4.01. The number of carbonyl (C=O) groups excluding carboxylic acids is 1. The Kier molecular flexibility index (Phi) is 7.91. The number of hydrogen-bond acceptors (Lipinski definition) is 8. The fourth-order valence-electron chi connectivity index (χ4n) is 3.16. The molecule has 0 fully saturated rings. The SMILES string of the molecule is COc1cc(C(=O)NCCNc2nc(C)cc(Nc3ccc(C)cc3)n2)cc(OC)c1OC. The number of methoxy groups -OCH3 is 3. The van der Waals surface area contributed by atoms with Gasteiger partial charge in [0, 0.05) is 36.1 Å². The van der Waals surface area contributed by atoms with Gasteiger partial charge >= 0.3 is 0 Å². The first-order valence-corrected chi connectivity index (χ1v) is 10.4. The molecular formula is C24H29N5O4. The molecule has 0 unspecified atom stereocenters. The van der Waals surface area contributed by atoms with Gasteiger partial charge in [-0.25, -0.2) is 4.98 Å². The van der Waals surface area contributed by atoms with Gasteiger partial charge in [0.1, 0.15) is 5.82 Å². The molecular weight excluding hydrogens is 422 g/mol. The van der Waals surface area contributed by atoms with Gasteiger partial charge in [0.15, 0.2) is 11.5 Å². The maximum atomic E-state index is 12.6. The highest BCUT2D eigenvalue weighted by atomic mass is 16.5. The molecule has 0 saturated carbocycles. The zero-order valence-electron chi connectivity index (χ0n) is 19.5. The minimum absolute atomic E-state index is 0.261. The number of rotatable bonds is 10. The first-order valence-electron chi connectivity index (χ1n) is 10.4. The summed E-state index contributed by atoms with van der Waals surface area (Å²) in [6.07, 6.45) is 0. The maximum Gasteiger partial charge on any atom is 0.251 e. The average Bonchev–Trinajstić information content (AvgIpc) is 2.81. The van der Waals surface area contributed by atoms with Crippen LogP contribution < -0.4 is 30.2 Å². The van der Waals surface area contributed by atoms with Crippen LogP contribution in [0.3, 0.4) is 0 Å². The van der Waals surface area contributed by atoms with Crippen LogP contribution in [0, 0.1) is 13.8 Å². The normalized spacial score (nSPS) is 10.3. The van der Waals surface area contributed by atoms with E-state index < -0.39 is 0 Å². The molecule has 33 heavy (non-hydrogen) atoms.